The van der Waals surface area contributed by atoms with Crippen LogP contribution in [0.3, 0.4) is 0 Å². The number of ether oxygens (including phenoxy) is 1. The Morgan fingerprint density at radius 1 is 0.789 bits per heavy atom. The van der Waals surface area contributed by atoms with E-state index >= 15 is 0 Å². The largest absolute Gasteiger partial charge is 0.458 e. The van der Waals surface area contributed by atoms with E-state index in [1.54, 1.807) is 5.56 Å². The highest BCUT2D eigenvalue weighted by molar-refractivity contribution is 6.98. The fourth-order valence-electron chi connectivity index (χ4n) is 7.74. The molecular formula is C35H32BNO. The number of hydrogen-bond acceptors (Lipinski definition) is 1. The van der Waals surface area contributed by atoms with Gasteiger partial charge in [0.2, 0.25) is 0 Å². The smallest absolute Gasteiger partial charge is 0.251 e. The zero-order valence-electron chi connectivity index (χ0n) is 22.3. The summed E-state index contributed by atoms with van der Waals surface area (Å²) in [6.07, 6.45) is 7.23. The van der Waals surface area contributed by atoms with Crippen LogP contribution >= 0.6 is 0 Å². The van der Waals surface area contributed by atoms with Crippen LogP contribution in [0.25, 0.3) is 16.6 Å². The number of fused-ring (bicyclic) bond motifs is 7. The number of hydrogen-bond donors (Lipinski definition) is 0. The van der Waals surface area contributed by atoms with Gasteiger partial charge in [-0.3, -0.25) is 0 Å². The lowest BCUT2D eigenvalue weighted by atomic mass is 9.30. The molecule has 8 rings (SSSR count). The van der Waals surface area contributed by atoms with Gasteiger partial charge in [0.1, 0.15) is 11.5 Å². The topological polar surface area (TPSA) is 14.2 Å². The lowest BCUT2D eigenvalue weighted by Gasteiger charge is -2.43. The molecule has 0 amide bonds. The maximum absolute atomic E-state index is 6.78. The fourth-order valence-corrected chi connectivity index (χ4v) is 7.74. The van der Waals surface area contributed by atoms with E-state index in [0.717, 1.165) is 24.3 Å². The molecule has 186 valence electrons. The Morgan fingerprint density at radius 3 is 2.53 bits per heavy atom. The van der Waals surface area contributed by atoms with Crippen molar-refractivity contribution in [1.29, 1.82) is 0 Å². The molecule has 0 radical (unpaired) electrons. The molecule has 1 aliphatic carbocycles. The minimum atomic E-state index is -0.0130. The van der Waals surface area contributed by atoms with Crippen LogP contribution in [0.4, 0.5) is 0 Å². The van der Waals surface area contributed by atoms with Crippen LogP contribution in [0.5, 0.6) is 11.5 Å². The van der Waals surface area contributed by atoms with Crippen molar-refractivity contribution in [2.24, 2.45) is 0 Å². The summed E-state index contributed by atoms with van der Waals surface area (Å²) in [7, 11) is 0. The van der Waals surface area contributed by atoms with E-state index in [1.807, 2.05) is 0 Å². The van der Waals surface area contributed by atoms with Crippen LogP contribution in [0.2, 0.25) is 0 Å². The normalized spacial score (nSPS) is 19.2. The predicted octanol–water partition coefficient (Wildman–Crippen LogP) is 6.55. The van der Waals surface area contributed by atoms with Gasteiger partial charge in [-0.2, -0.15) is 0 Å². The van der Waals surface area contributed by atoms with E-state index in [-0.39, 0.29) is 12.1 Å². The number of aromatic nitrogens is 1. The first-order valence-corrected chi connectivity index (χ1v) is 14.3. The van der Waals surface area contributed by atoms with Gasteiger partial charge in [0.15, 0.2) is 0 Å². The van der Waals surface area contributed by atoms with Crippen LogP contribution in [0.1, 0.15) is 61.9 Å². The SMILES string of the molecule is CCC1(C)c2ccccc2B2c3ccc(-n4c5c(c6ccccc64)CCCCC5)cc3Oc3cccc1c32. The number of benzene rings is 4. The van der Waals surface area contributed by atoms with Crippen molar-refractivity contribution in [3.05, 3.63) is 107 Å². The fraction of sp³-hybridized carbons (Fsp3) is 0.257. The molecule has 38 heavy (non-hydrogen) atoms. The number of para-hydroxylation sites is 1. The molecular weight excluding hydrogens is 461 g/mol. The molecule has 1 aromatic heterocycles. The van der Waals surface area contributed by atoms with Crippen LogP contribution in [0.15, 0.2) is 84.9 Å². The van der Waals surface area contributed by atoms with Crippen LogP contribution < -0.4 is 21.1 Å². The monoisotopic (exact) mass is 493 g/mol. The van der Waals surface area contributed by atoms with Crippen molar-refractivity contribution in [2.45, 2.75) is 57.8 Å². The zero-order valence-corrected chi connectivity index (χ0v) is 22.3. The number of nitrogens with zero attached hydrogens (tertiary/aromatic N) is 1. The molecule has 0 N–H and O–H groups in total. The van der Waals surface area contributed by atoms with Crippen molar-refractivity contribution < 1.29 is 4.74 Å². The summed E-state index contributed by atoms with van der Waals surface area (Å²) in [6.45, 7) is 4.91. The van der Waals surface area contributed by atoms with Crippen molar-refractivity contribution in [1.82, 2.24) is 4.57 Å². The molecule has 0 bridgehead atoms. The molecule has 5 aromatic rings. The molecule has 4 aromatic carbocycles. The Labute approximate surface area is 225 Å². The quantitative estimate of drug-likeness (QED) is 0.197. The van der Waals surface area contributed by atoms with Crippen molar-refractivity contribution >= 4 is 34.0 Å². The number of aryl methyl sites for hydroxylation is 1. The highest BCUT2D eigenvalue weighted by Crippen LogP contribution is 2.41. The van der Waals surface area contributed by atoms with Gasteiger partial charge in [0.25, 0.3) is 6.71 Å². The predicted molar refractivity (Wildman–Crippen MR) is 159 cm³/mol. The van der Waals surface area contributed by atoms with Crippen molar-refractivity contribution in [3.8, 4) is 17.2 Å². The second-order valence-electron chi connectivity index (χ2n) is 11.6. The second-order valence-corrected chi connectivity index (χ2v) is 11.6. The van der Waals surface area contributed by atoms with Crippen molar-refractivity contribution in [3.63, 3.8) is 0 Å². The minimum absolute atomic E-state index is 0.0130. The van der Waals surface area contributed by atoms with Crippen LogP contribution in [-0.2, 0) is 18.3 Å². The third-order valence-corrected chi connectivity index (χ3v) is 9.74. The van der Waals surface area contributed by atoms with Gasteiger partial charge in [-0.15, -0.1) is 0 Å². The third kappa shape index (κ3) is 2.91. The maximum atomic E-state index is 6.78. The molecule has 0 saturated heterocycles. The van der Waals surface area contributed by atoms with Gasteiger partial charge >= 0.3 is 0 Å². The van der Waals surface area contributed by atoms with Gasteiger partial charge in [0.05, 0.1) is 5.52 Å². The first kappa shape index (κ1) is 22.3. The highest BCUT2D eigenvalue weighted by Gasteiger charge is 2.45. The summed E-state index contributed by atoms with van der Waals surface area (Å²) >= 11 is 0. The number of rotatable bonds is 2. The summed E-state index contributed by atoms with van der Waals surface area (Å²) in [5.74, 6) is 2.01. The Bertz CT molecular complexity index is 1750. The molecule has 0 spiro atoms. The van der Waals surface area contributed by atoms with E-state index in [4.69, 9.17) is 4.74 Å². The molecule has 0 saturated carbocycles. The Balaban J connectivity index is 1.35. The highest BCUT2D eigenvalue weighted by atomic mass is 16.5. The first-order chi connectivity index (χ1) is 18.7. The van der Waals surface area contributed by atoms with Gasteiger partial charge < -0.3 is 9.30 Å². The van der Waals surface area contributed by atoms with Crippen LogP contribution in [0, 0.1) is 0 Å². The van der Waals surface area contributed by atoms with E-state index in [2.05, 4.69) is 103 Å². The first-order valence-electron chi connectivity index (χ1n) is 14.3. The zero-order chi connectivity index (χ0) is 25.4. The van der Waals surface area contributed by atoms with E-state index in [1.165, 1.54) is 75.5 Å². The molecule has 3 heteroatoms. The molecule has 0 fully saturated rings. The summed E-state index contributed by atoms with van der Waals surface area (Å²) < 4.78 is 9.31. The summed E-state index contributed by atoms with van der Waals surface area (Å²) in [5, 5.41) is 1.41. The molecule has 2 nitrogen and oxygen atoms in total. The molecule has 1 unspecified atom stereocenters. The lowest BCUT2D eigenvalue weighted by Crippen LogP contribution is -2.62. The summed E-state index contributed by atoms with van der Waals surface area (Å²) in [5.41, 5.74) is 12.5. The van der Waals surface area contributed by atoms with Gasteiger partial charge in [-0.25, -0.2) is 0 Å². The van der Waals surface area contributed by atoms with E-state index in [0.29, 0.717) is 0 Å². The van der Waals surface area contributed by atoms with Gasteiger partial charge in [-0.1, -0.05) is 86.4 Å². The third-order valence-electron chi connectivity index (χ3n) is 9.74. The minimum Gasteiger partial charge on any atom is -0.458 e. The van der Waals surface area contributed by atoms with Gasteiger partial charge in [0, 0.05) is 28.2 Å². The maximum Gasteiger partial charge on any atom is 0.251 e. The van der Waals surface area contributed by atoms with Crippen LogP contribution in [-0.4, -0.2) is 11.3 Å². The van der Waals surface area contributed by atoms with Gasteiger partial charge in [-0.05, 0) is 77.9 Å². The lowest BCUT2D eigenvalue weighted by molar-refractivity contribution is 0.481. The molecule has 2 aliphatic heterocycles. The van der Waals surface area contributed by atoms with Crippen molar-refractivity contribution in [2.75, 3.05) is 0 Å². The molecule has 3 heterocycles. The Kier molecular flexibility index (Phi) is 4.77. The van der Waals surface area contributed by atoms with E-state index in [9.17, 15) is 0 Å². The average molecular weight is 493 g/mol. The molecule has 3 aliphatic rings. The van der Waals surface area contributed by atoms with E-state index < -0.39 is 0 Å². The summed E-state index contributed by atoms with van der Waals surface area (Å²) in [4.78, 5) is 0. The molecule has 1 atom stereocenters. The Morgan fingerprint density at radius 2 is 1.61 bits per heavy atom. The second kappa shape index (κ2) is 8.14. The Hall–Kier alpha value is -3.72. The standard InChI is InChI=1S/C35H32BNO/c1-3-35(2)26-14-8-9-16-28(26)36-29-21-20-23(22-33(29)38-32-19-11-15-27(35)34(32)36)37-30-17-6-4-5-12-24(30)25-13-7-10-18-31(25)37/h7-11,13-16,18-22H,3-6,12,17H2,1-2H3. The summed E-state index contributed by atoms with van der Waals surface area (Å²) in [6, 6.07) is 31.7. The average Bonchev–Trinajstić information content (AvgIpc) is 3.08.